The number of thiazole rings is 1. The van der Waals surface area contributed by atoms with Crippen LogP contribution in [0.3, 0.4) is 0 Å². The van der Waals surface area contributed by atoms with Crippen LogP contribution in [0.5, 0.6) is 5.75 Å². The highest BCUT2D eigenvalue weighted by atomic mass is 32.1. The van der Waals surface area contributed by atoms with Gasteiger partial charge in [-0.1, -0.05) is 75.6 Å². The lowest BCUT2D eigenvalue weighted by molar-refractivity contribution is -0.141. The van der Waals surface area contributed by atoms with Crippen molar-refractivity contribution in [2.75, 3.05) is 64.7 Å². The van der Waals surface area contributed by atoms with Gasteiger partial charge in [0, 0.05) is 73.0 Å². The number of aromatic amines is 1. The molecular weight excluding hydrogens is 983 g/mol. The fourth-order valence-corrected chi connectivity index (χ4v) is 10.5. The van der Waals surface area contributed by atoms with E-state index >= 15 is 0 Å². The number of carbonyl (C=O) groups excluding carboxylic acids is 3. The van der Waals surface area contributed by atoms with Gasteiger partial charge in [0.15, 0.2) is 0 Å². The number of carbonyl (C=O) groups is 3. The van der Waals surface area contributed by atoms with Crippen LogP contribution in [0.15, 0.2) is 95.4 Å². The third-order valence-electron chi connectivity index (χ3n) is 13.8. The number of H-pyrrole nitrogens is 1. The van der Waals surface area contributed by atoms with Gasteiger partial charge >= 0.3 is 0 Å². The zero-order valence-electron chi connectivity index (χ0n) is 45.0. The molecule has 17 heteroatoms. The number of nitrogens with one attached hydrogen (secondary N) is 4. The Balaban J connectivity index is 0.891. The van der Waals surface area contributed by atoms with Crippen molar-refractivity contribution in [1.29, 1.82) is 0 Å². The zero-order valence-corrected chi connectivity index (χ0v) is 45.9. The maximum Gasteiger partial charge on any atom is 0.256 e. The number of nitrogens with zero attached hydrogens (tertiary/aromatic N) is 3. The van der Waals surface area contributed by atoms with Crippen LogP contribution >= 0.6 is 11.3 Å². The molecule has 2 aromatic heterocycles. The molecule has 3 amide bonds. The van der Waals surface area contributed by atoms with E-state index in [4.69, 9.17) is 18.9 Å². The van der Waals surface area contributed by atoms with Crippen molar-refractivity contribution in [3.05, 3.63) is 135 Å². The molecule has 2 saturated heterocycles. The van der Waals surface area contributed by atoms with E-state index in [1.807, 2.05) is 76.5 Å². The van der Waals surface area contributed by atoms with Crippen molar-refractivity contribution < 1.29 is 38.4 Å². The maximum absolute atomic E-state index is 14.2. The summed E-state index contributed by atoms with van der Waals surface area (Å²) in [5.74, 6) is 5.52. The highest BCUT2D eigenvalue weighted by Gasteiger charge is 2.43. The summed E-state index contributed by atoms with van der Waals surface area (Å²) in [6.07, 6.45) is 1.36. The lowest BCUT2D eigenvalue weighted by Crippen LogP contribution is -2.57. The fourth-order valence-electron chi connectivity index (χ4n) is 9.68. The van der Waals surface area contributed by atoms with Crippen LogP contribution in [-0.4, -0.2) is 122 Å². The third kappa shape index (κ3) is 14.8. The number of methoxy groups -OCH3 is 1. The SMILES string of the molecule is C=C(N[C@@H](C)c1ccc(-c2scnc2C)cc1)[C@@H]1C[C@@H](O)CN1C(=O)[C@@H](NC(=O)COCCOCC#Cc1ccc(-c2cc(C(=O)NCc3c(OC)cc(C)[nH]c3=O)cc(N(CC)C3CCOCC3)c2)cc1)C(C)(C)C. The summed E-state index contributed by atoms with van der Waals surface area (Å²) in [5.41, 5.74) is 9.57. The molecule has 5 N–H and O–H groups in total. The van der Waals surface area contributed by atoms with Crippen LogP contribution in [0.2, 0.25) is 0 Å². The minimum atomic E-state index is -0.887. The van der Waals surface area contributed by atoms with Gasteiger partial charge < -0.3 is 54.8 Å². The molecule has 0 saturated carbocycles. The number of rotatable bonds is 21. The predicted octanol–water partition coefficient (Wildman–Crippen LogP) is 7.47. The van der Waals surface area contributed by atoms with E-state index in [0.29, 0.717) is 47.9 Å². The van der Waals surface area contributed by atoms with Gasteiger partial charge in [0.2, 0.25) is 11.8 Å². The topological polar surface area (TPSA) is 197 Å². The number of amides is 3. The molecule has 4 atom stereocenters. The summed E-state index contributed by atoms with van der Waals surface area (Å²) in [7, 11) is 1.50. The summed E-state index contributed by atoms with van der Waals surface area (Å²) in [6, 6.07) is 22.5. The average Bonchev–Trinajstić information content (AvgIpc) is 4.03. The number of aliphatic hydroxyl groups excluding tert-OH is 1. The molecule has 2 fully saturated rings. The number of anilines is 1. The van der Waals surface area contributed by atoms with Crippen LogP contribution in [0.1, 0.15) is 98.4 Å². The number of likely N-dealkylation sites (tertiary alicyclic amines) is 1. The lowest BCUT2D eigenvalue weighted by Gasteiger charge is -2.36. The molecule has 0 spiro atoms. The van der Waals surface area contributed by atoms with E-state index in [-0.39, 0.29) is 69.0 Å². The largest absolute Gasteiger partial charge is 0.496 e. The van der Waals surface area contributed by atoms with Gasteiger partial charge in [-0.2, -0.15) is 0 Å². The van der Waals surface area contributed by atoms with Gasteiger partial charge in [0.25, 0.3) is 11.5 Å². The van der Waals surface area contributed by atoms with E-state index in [1.165, 1.54) is 7.11 Å². The van der Waals surface area contributed by atoms with E-state index in [2.05, 4.69) is 86.5 Å². The Morgan fingerprint density at radius 1 is 0.987 bits per heavy atom. The van der Waals surface area contributed by atoms with Crippen molar-refractivity contribution in [2.24, 2.45) is 5.41 Å². The average molecular weight is 1060 g/mol. The number of benzene rings is 3. The third-order valence-corrected chi connectivity index (χ3v) is 14.8. The molecule has 16 nitrogen and oxygen atoms in total. The molecule has 5 aromatic rings. The van der Waals surface area contributed by atoms with Gasteiger partial charge in [-0.3, -0.25) is 19.2 Å². The molecule has 3 aromatic carbocycles. The zero-order chi connectivity index (χ0) is 54.5. The first-order chi connectivity index (χ1) is 36.4. The molecule has 0 radical (unpaired) electrons. The smallest absolute Gasteiger partial charge is 0.256 e. The molecule has 76 heavy (non-hydrogen) atoms. The first kappa shape index (κ1) is 56.9. The maximum atomic E-state index is 14.2. The number of pyridine rings is 1. The van der Waals surface area contributed by atoms with E-state index in [9.17, 15) is 24.3 Å². The predicted molar refractivity (Wildman–Crippen MR) is 297 cm³/mol. The van der Waals surface area contributed by atoms with Crippen molar-refractivity contribution in [1.82, 2.24) is 30.8 Å². The Kier molecular flexibility index (Phi) is 19.7. The Morgan fingerprint density at radius 3 is 2.37 bits per heavy atom. The van der Waals surface area contributed by atoms with Crippen LogP contribution in [0, 0.1) is 31.1 Å². The summed E-state index contributed by atoms with van der Waals surface area (Å²) >= 11 is 1.61. The quantitative estimate of drug-likeness (QED) is 0.0360. The first-order valence-electron chi connectivity index (χ1n) is 26.0. The summed E-state index contributed by atoms with van der Waals surface area (Å²) < 4.78 is 22.4. The van der Waals surface area contributed by atoms with E-state index in [1.54, 1.807) is 29.2 Å². The van der Waals surface area contributed by atoms with Gasteiger partial charge in [-0.15, -0.1) is 11.3 Å². The number of aliphatic hydroxyl groups is 1. The molecule has 0 aliphatic carbocycles. The Bertz CT molecular complexity index is 2930. The highest BCUT2D eigenvalue weighted by molar-refractivity contribution is 7.13. The minimum Gasteiger partial charge on any atom is -0.496 e. The summed E-state index contributed by atoms with van der Waals surface area (Å²) in [5, 5.41) is 20.1. The van der Waals surface area contributed by atoms with Crippen LogP contribution < -0.4 is 31.1 Å². The molecule has 404 valence electrons. The van der Waals surface area contributed by atoms with Crippen LogP contribution in [0.25, 0.3) is 21.6 Å². The van der Waals surface area contributed by atoms with Crippen LogP contribution in [-0.2, 0) is 30.3 Å². The molecule has 0 bridgehead atoms. The second-order valence-corrected chi connectivity index (χ2v) is 21.3. The van der Waals surface area contributed by atoms with Crippen molar-refractivity contribution in [3.8, 4) is 39.2 Å². The number of ether oxygens (including phenoxy) is 4. The fraction of sp³-hybridized carbons (Fsp3) is 0.441. The van der Waals surface area contributed by atoms with Crippen molar-refractivity contribution in [3.63, 3.8) is 0 Å². The molecule has 2 aliphatic rings. The van der Waals surface area contributed by atoms with Gasteiger partial charge in [0.05, 0.1) is 60.7 Å². The summed E-state index contributed by atoms with van der Waals surface area (Å²) in [4.78, 5) is 66.3. The molecule has 4 heterocycles. The lowest BCUT2D eigenvalue weighted by atomic mass is 9.85. The van der Waals surface area contributed by atoms with Crippen LogP contribution in [0.4, 0.5) is 5.69 Å². The molecular formula is C59H73N7O9S. The number of hydrogen-bond acceptors (Lipinski definition) is 13. The van der Waals surface area contributed by atoms with Crippen molar-refractivity contribution in [2.45, 2.75) is 105 Å². The Labute approximate surface area is 450 Å². The highest BCUT2D eigenvalue weighted by Crippen LogP contribution is 2.33. The normalized spacial score (nSPS) is 16.5. The standard InChI is InChI=1S/C59H73N7O9S/c1-10-65(47-21-24-74-25-22-47)48-30-45(29-46(31-48)56(69)60-33-50-52(72-9)28-37(2)62-57(50)70)43-15-13-41(14-16-43)12-11-23-73-26-27-75-35-53(68)64-55(59(6,7)8)58(71)66-34-49(67)32-51(66)39(4)63-38(3)42-17-19-44(20-18-42)54-40(5)61-36-76-54/h13-20,28-31,36,38,47,49,51,55,63,67H,4,10,21-27,32-35H2,1-3,5-9H3,(H,60,69)(H,62,70)(H,64,68)/t38-,49+,51-,55+/m0/s1. The Morgan fingerprint density at radius 2 is 1.70 bits per heavy atom. The number of aromatic nitrogens is 2. The number of aryl methyl sites for hydroxylation is 2. The molecule has 7 rings (SSSR count). The second-order valence-electron chi connectivity index (χ2n) is 20.4. The molecule has 0 unspecified atom stereocenters. The number of hydrogen-bond donors (Lipinski definition) is 5. The van der Waals surface area contributed by atoms with Gasteiger partial charge in [0.1, 0.15) is 25.0 Å². The van der Waals surface area contributed by atoms with Gasteiger partial charge in [-0.25, -0.2) is 4.98 Å². The van der Waals surface area contributed by atoms with E-state index in [0.717, 1.165) is 63.5 Å². The van der Waals surface area contributed by atoms with E-state index < -0.39 is 29.5 Å². The minimum absolute atomic E-state index is 0.00587. The van der Waals surface area contributed by atoms with Gasteiger partial charge in [-0.05, 0) is 105 Å². The van der Waals surface area contributed by atoms with Crippen molar-refractivity contribution >= 4 is 34.7 Å². The molecule has 2 aliphatic heterocycles. The number of β-amino-alcohol motifs (C(OH)–C–C–N with tert-alkyl or cyclic N) is 1. The summed E-state index contributed by atoms with van der Waals surface area (Å²) in [6.45, 7) is 20.3. The Hall–Kier alpha value is -6.81. The second kappa shape index (κ2) is 26.3. The monoisotopic (exact) mass is 1060 g/mol. The first-order valence-corrected chi connectivity index (χ1v) is 26.8.